The number of carbonyl (C=O) groups excluding carboxylic acids is 1. The number of aryl methyl sites for hydroxylation is 1. The van der Waals surface area contributed by atoms with Gasteiger partial charge in [0.2, 0.25) is 0 Å². The van der Waals surface area contributed by atoms with Gasteiger partial charge in [-0.25, -0.2) is 4.98 Å². The van der Waals surface area contributed by atoms with Crippen molar-refractivity contribution in [1.82, 2.24) is 9.88 Å². The van der Waals surface area contributed by atoms with Gasteiger partial charge in [-0.2, -0.15) is 0 Å². The Kier molecular flexibility index (Phi) is 7.35. The molecule has 166 valence electrons. The molecule has 3 aromatic rings. The molecule has 1 heterocycles. The molecule has 0 saturated heterocycles. The summed E-state index contributed by atoms with van der Waals surface area (Å²) >= 11 is 1.50. The van der Waals surface area contributed by atoms with Gasteiger partial charge in [0.15, 0.2) is 5.13 Å². The van der Waals surface area contributed by atoms with Crippen LogP contribution in [0.5, 0.6) is 17.2 Å². The first-order chi connectivity index (χ1) is 14.9. The van der Waals surface area contributed by atoms with Crippen LogP contribution in [0.1, 0.15) is 22.3 Å². The quantitative estimate of drug-likeness (QED) is 0.493. The standard InChI is InChI=1S/C23H29N3O4S/c1-15-8-9-19(30-6)20-21(15)31-23(24-20)26(11-7-10-25(2)3)22(27)16-12-17(28-4)14-18(13-16)29-5/h8-9,12-14H,7,10-11H2,1-6H3. The maximum Gasteiger partial charge on any atom is 0.260 e. The Hall–Kier alpha value is -2.84. The second-order valence-electron chi connectivity index (χ2n) is 7.47. The van der Waals surface area contributed by atoms with Gasteiger partial charge >= 0.3 is 0 Å². The summed E-state index contributed by atoms with van der Waals surface area (Å²) in [7, 11) is 8.81. The van der Waals surface area contributed by atoms with Crippen molar-refractivity contribution < 1.29 is 19.0 Å². The highest BCUT2D eigenvalue weighted by molar-refractivity contribution is 7.22. The number of fused-ring (bicyclic) bond motifs is 1. The van der Waals surface area contributed by atoms with Crippen molar-refractivity contribution in [2.75, 3.05) is 53.4 Å². The Morgan fingerprint density at radius 3 is 2.26 bits per heavy atom. The zero-order valence-corrected chi connectivity index (χ0v) is 19.7. The van der Waals surface area contributed by atoms with Gasteiger partial charge in [-0.1, -0.05) is 17.4 Å². The van der Waals surface area contributed by atoms with Gasteiger partial charge in [0, 0.05) is 18.2 Å². The number of anilines is 1. The monoisotopic (exact) mass is 443 g/mol. The van der Waals surface area contributed by atoms with Crippen LogP contribution in [0.15, 0.2) is 30.3 Å². The number of rotatable bonds is 9. The summed E-state index contributed by atoms with van der Waals surface area (Å²) in [5, 5.41) is 0.646. The molecule has 3 rings (SSSR count). The summed E-state index contributed by atoms with van der Waals surface area (Å²) in [4.78, 5) is 22.2. The van der Waals surface area contributed by atoms with Crippen LogP contribution in [0.2, 0.25) is 0 Å². The third kappa shape index (κ3) is 5.08. The molecule has 0 radical (unpaired) electrons. The maximum atomic E-state index is 13.6. The Labute approximate surface area is 187 Å². The number of carbonyl (C=O) groups is 1. The summed E-state index contributed by atoms with van der Waals surface area (Å²) in [6.45, 7) is 3.44. The van der Waals surface area contributed by atoms with E-state index in [4.69, 9.17) is 19.2 Å². The van der Waals surface area contributed by atoms with E-state index < -0.39 is 0 Å². The fourth-order valence-electron chi connectivity index (χ4n) is 3.29. The lowest BCUT2D eigenvalue weighted by Crippen LogP contribution is -2.33. The Morgan fingerprint density at radius 2 is 1.68 bits per heavy atom. The molecule has 7 nitrogen and oxygen atoms in total. The molecule has 0 spiro atoms. The van der Waals surface area contributed by atoms with E-state index in [0.29, 0.717) is 34.5 Å². The molecule has 31 heavy (non-hydrogen) atoms. The Balaban J connectivity index is 2.05. The average molecular weight is 444 g/mol. The van der Waals surface area contributed by atoms with E-state index >= 15 is 0 Å². The van der Waals surface area contributed by atoms with Gasteiger partial charge in [-0.3, -0.25) is 9.69 Å². The number of benzene rings is 2. The number of hydrogen-bond donors (Lipinski definition) is 0. The van der Waals surface area contributed by atoms with E-state index in [1.807, 2.05) is 33.2 Å². The van der Waals surface area contributed by atoms with Crippen LogP contribution < -0.4 is 19.1 Å². The number of aromatic nitrogens is 1. The van der Waals surface area contributed by atoms with Crippen LogP contribution in [0.3, 0.4) is 0 Å². The number of methoxy groups -OCH3 is 3. The summed E-state index contributed by atoms with van der Waals surface area (Å²) in [6, 6.07) is 9.12. The molecule has 1 amide bonds. The topological polar surface area (TPSA) is 64.1 Å². The van der Waals surface area contributed by atoms with Crippen molar-refractivity contribution in [3.63, 3.8) is 0 Å². The van der Waals surface area contributed by atoms with Gasteiger partial charge in [0.1, 0.15) is 22.8 Å². The maximum absolute atomic E-state index is 13.6. The van der Waals surface area contributed by atoms with E-state index in [0.717, 1.165) is 28.7 Å². The van der Waals surface area contributed by atoms with Crippen LogP contribution in [0.25, 0.3) is 10.2 Å². The molecular weight excluding hydrogens is 414 g/mol. The first-order valence-corrected chi connectivity index (χ1v) is 10.8. The van der Waals surface area contributed by atoms with E-state index in [1.165, 1.54) is 11.3 Å². The lowest BCUT2D eigenvalue weighted by molar-refractivity contribution is 0.0985. The molecule has 1 aromatic heterocycles. The van der Waals surface area contributed by atoms with Crippen molar-refractivity contribution >= 4 is 32.6 Å². The molecule has 0 atom stereocenters. The second kappa shape index (κ2) is 9.98. The summed E-state index contributed by atoms with van der Waals surface area (Å²) in [5.74, 6) is 1.69. The van der Waals surface area contributed by atoms with Gasteiger partial charge in [0.05, 0.1) is 26.0 Å². The number of nitrogens with zero attached hydrogens (tertiary/aromatic N) is 3. The van der Waals surface area contributed by atoms with E-state index in [1.54, 1.807) is 44.4 Å². The molecule has 0 saturated carbocycles. The van der Waals surface area contributed by atoms with E-state index in [-0.39, 0.29) is 5.91 Å². The predicted octanol–water partition coefficient (Wildman–Crippen LogP) is 4.23. The first kappa shape index (κ1) is 22.8. The highest BCUT2D eigenvalue weighted by atomic mass is 32.1. The zero-order valence-electron chi connectivity index (χ0n) is 18.9. The van der Waals surface area contributed by atoms with Crippen molar-refractivity contribution in [2.45, 2.75) is 13.3 Å². The fraction of sp³-hybridized carbons (Fsp3) is 0.391. The van der Waals surface area contributed by atoms with Gasteiger partial charge in [0.25, 0.3) is 5.91 Å². The molecule has 0 aliphatic rings. The third-order valence-electron chi connectivity index (χ3n) is 4.97. The zero-order chi connectivity index (χ0) is 22.5. The SMILES string of the molecule is COc1cc(OC)cc(C(=O)N(CCCN(C)C)c2nc3c(OC)ccc(C)c3s2)c1. The molecule has 0 aliphatic carbocycles. The third-order valence-corrected chi connectivity index (χ3v) is 6.19. The van der Waals surface area contributed by atoms with Gasteiger partial charge < -0.3 is 19.1 Å². The van der Waals surface area contributed by atoms with Gasteiger partial charge in [-0.15, -0.1) is 0 Å². The molecular formula is C23H29N3O4S. The lowest BCUT2D eigenvalue weighted by Gasteiger charge is -2.21. The molecule has 0 aliphatic heterocycles. The first-order valence-electron chi connectivity index (χ1n) is 10.0. The van der Waals surface area contributed by atoms with Crippen LogP contribution in [-0.4, -0.2) is 64.3 Å². The molecule has 0 bridgehead atoms. The van der Waals surface area contributed by atoms with Crippen molar-refractivity contribution in [3.8, 4) is 17.2 Å². The second-order valence-corrected chi connectivity index (χ2v) is 8.45. The molecule has 2 aromatic carbocycles. The predicted molar refractivity (Wildman–Crippen MR) is 125 cm³/mol. The largest absolute Gasteiger partial charge is 0.497 e. The fourth-order valence-corrected chi connectivity index (χ4v) is 4.37. The highest BCUT2D eigenvalue weighted by Gasteiger charge is 2.24. The molecule has 0 fully saturated rings. The van der Waals surface area contributed by atoms with E-state index in [9.17, 15) is 4.79 Å². The molecule has 0 N–H and O–H groups in total. The van der Waals surface area contributed by atoms with Crippen molar-refractivity contribution in [3.05, 3.63) is 41.5 Å². The van der Waals surface area contributed by atoms with Crippen LogP contribution in [-0.2, 0) is 0 Å². The minimum absolute atomic E-state index is 0.147. The Bertz CT molecular complexity index is 1040. The van der Waals surface area contributed by atoms with Crippen molar-refractivity contribution in [2.24, 2.45) is 0 Å². The number of thiazole rings is 1. The average Bonchev–Trinajstić information content (AvgIpc) is 3.22. The smallest absolute Gasteiger partial charge is 0.260 e. The van der Waals surface area contributed by atoms with Crippen LogP contribution in [0, 0.1) is 6.92 Å². The summed E-state index contributed by atoms with van der Waals surface area (Å²) < 4.78 is 17.2. The molecule has 8 heteroatoms. The number of hydrogen-bond acceptors (Lipinski definition) is 7. The van der Waals surface area contributed by atoms with Gasteiger partial charge in [-0.05, 0) is 57.7 Å². The summed E-state index contributed by atoms with van der Waals surface area (Å²) in [5.41, 5.74) is 2.36. The highest BCUT2D eigenvalue weighted by Crippen LogP contribution is 2.37. The molecule has 0 unspecified atom stereocenters. The normalized spacial score (nSPS) is 11.1. The van der Waals surface area contributed by atoms with Crippen LogP contribution >= 0.6 is 11.3 Å². The summed E-state index contributed by atoms with van der Waals surface area (Å²) in [6.07, 6.45) is 0.811. The van der Waals surface area contributed by atoms with Crippen LogP contribution in [0.4, 0.5) is 5.13 Å². The number of ether oxygens (including phenoxy) is 3. The minimum Gasteiger partial charge on any atom is -0.497 e. The van der Waals surface area contributed by atoms with E-state index in [2.05, 4.69) is 4.90 Å². The lowest BCUT2D eigenvalue weighted by atomic mass is 10.1. The Morgan fingerprint density at radius 1 is 1.00 bits per heavy atom. The number of amides is 1. The minimum atomic E-state index is -0.147. The van der Waals surface area contributed by atoms with Crippen molar-refractivity contribution in [1.29, 1.82) is 0 Å².